The summed E-state index contributed by atoms with van der Waals surface area (Å²) in [6.07, 6.45) is 4.89. The molecule has 0 aromatic heterocycles. The maximum absolute atomic E-state index is 13.3. The highest BCUT2D eigenvalue weighted by molar-refractivity contribution is 7.99. The molecule has 24 heavy (non-hydrogen) atoms. The Kier molecular flexibility index (Phi) is 7.02. The van der Waals surface area contributed by atoms with Crippen molar-refractivity contribution < 1.29 is 4.79 Å². The Morgan fingerprint density at radius 1 is 1.38 bits per heavy atom. The molecule has 0 unspecified atom stereocenters. The fourth-order valence-corrected chi connectivity index (χ4v) is 4.50. The average molecular weight is 369 g/mol. The number of carbonyl (C=O) groups is 1. The van der Waals surface area contributed by atoms with Gasteiger partial charge in [-0.25, -0.2) is 0 Å². The van der Waals surface area contributed by atoms with Crippen molar-refractivity contribution in [3.05, 3.63) is 29.8 Å². The molecule has 1 aromatic rings. The van der Waals surface area contributed by atoms with E-state index in [-0.39, 0.29) is 18.3 Å². The van der Waals surface area contributed by atoms with Crippen molar-refractivity contribution in [2.24, 2.45) is 5.41 Å². The lowest BCUT2D eigenvalue weighted by Crippen LogP contribution is -2.49. The molecule has 3 nitrogen and oxygen atoms in total. The fraction of sp³-hybridized carbons (Fsp3) is 0.632. The van der Waals surface area contributed by atoms with E-state index in [0.29, 0.717) is 11.5 Å². The first-order chi connectivity index (χ1) is 11.1. The molecule has 1 aliphatic carbocycles. The molecule has 1 N–H and O–H groups in total. The lowest BCUT2D eigenvalue weighted by atomic mass is 9.70. The summed E-state index contributed by atoms with van der Waals surface area (Å²) in [5.41, 5.74) is 1.21. The highest BCUT2D eigenvalue weighted by Crippen LogP contribution is 2.42. The molecule has 2 fully saturated rings. The monoisotopic (exact) mass is 368 g/mol. The molecule has 1 amide bonds. The van der Waals surface area contributed by atoms with E-state index in [2.05, 4.69) is 30.1 Å². The molecule has 0 spiro atoms. The Balaban J connectivity index is 0.00000208. The van der Waals surface area contributed by atoms with Gasteiger partial charge in [-0.2, -0.15) is 0 Å². The molecular formula is C19H29ClN2OS. The molecule has 134 valence electrons. The van der Waals surface area contributed by atoms with Gasteiger partial charge in [-0.05, 0) is 49.1 Å². The smallest absolute Gasteiger partial charge is 0.255 e. The quantitative estimate of drug-likeness (QED) is 0.763. The van der Waals surface area contributed by atoms with Gasteiger partial charge in [0.15, 0.2) is 0 Å². The van der Waals surface area contributed by atoms with Crippen molar-refractivity contribution in [3.63, 3.8) is 0 Å². The van der Waals surface area contributed by atoms with Gasteiger partial charge in [0, 0.05) is 24.0 Å². The lowest BCUT2D eigenvalue weighted by Gasteiger charge is -2.44. The minimum Gasteiger partial charge on any atom is -0.334 e. The van der Waals surface area contributed by atoms with E-state index < -0.39 is 0 Å². The number of nitrogens with one attached hydrogen (secondary N) is 1. The van der Waals surface area contributed by atoms with Crippen molar-refractivity contribution >= 4 is 30.1 Å². The second kappa shape index (κ2) is 8.59. The largest absolute Gasteiger partial charge is 0.334 e. The zero-order valence-corrected chi connectivity index (χ0v) is 16.3. The second-order valence-electron chi connectivity index (χ2n) is 7.17. The zero-order chi connectivity index (χ0) is 16.3. The first kappa shape index (κ1) is 19.6. The summed E-state index contributed by atoms with van der Waals surface area (Å²) in [5.74, 6) is 1.22. The summed E-state index contributed by atoms with van der Waals surface area (Å²) < 4.78 is 0. The topological polar surface area (TPSA) is 32.3 Å². The molecule has 5 heteroatoms. The summed E-state index contributed by atoms with van der Waals surface area (Å²) in [4.78, 5) is 16.6. The Hall–Kier alpha value is -0.710. The van der Waals surface area contributed by atoms with Crippen LogP contribution in [-0.2, 0) is 0 Å². The van der Waals surface area contributed by atoms with Crippen LogP contribution in [0.3, 0.4) is 0 Å². The van der Waals surface area contributed by atoms with E-state index in [9.17, 15) is 4.79 Å². The van der Waals surface area contributed by atoms with Crippen LogP contribution in [-0.4, -0.2) is 42.2 Å². The molecular weight excluding hydrogens is 340 g/mol. The fourth-order valence-electron chi connectivity index (χ4n) is 3.70. The number of halogens is 1. The third-order valence-electron chi connectivity index (χ3n) is 5.27. The van der Waals surface area contributed by atoms with Crippen LogP contribution in [0.25, 0.3) is 0 Å². The number of carbonyl (C=O) groups excluding carboxylic acids is 1. The van der Waals surface area contributed by atoms with E-state index in [1.165, 1.54) is 19.3 Å². The first-order valence-electron chi connectivity index (χ1n) is 8.86. The molecule has 1 aliphatic heterocycles. The third kappa shape index (κ3) is 4.27. The van der Waals surface area contributed by atoms with Gasteiger partial charge < -0.3 is 10.2 Å². The van der Waals surface area contributed by atoms with Gasteiger partial charge in [-0.1, -0.05) is 32.4 Å². The van der Waals surface area contributed by atoms with E-state index >= 15 is 0 Å². The van der Waals surface area contributed by atoms with Crippen LogP contribution in [0, 0.1) is 5.41 Å². The normalized spacial score (nSPS) is 21.7. The van der Waals surface area contributed by atoms with E-state index in [4.69, 9.17) is 0 Å². The average Bonchev–Trinajstić information content (AvgIpc) is 3.05. The summed E-state index contributed by atoms with van der Waals surface area (Å²) in [6, 6.07) is 8.45. The van der Waals surface area contributed by atoms with Crippen LogP contribution in [0.4, 0.5) is 0 Å². The Labute approximate surface area is 156 Å². The minimum absolute atomic E-state index is 0. The third-order valence-corrected chi connectivity index (χ3v) is 6.22. The van der Waals surface area contributed by atoms with Crippen LogP contribution < -0.4 is 5.32 Å². The van der Waals surface area contributed by atoms with Crippen LogP contribution in [0.15, 0.2) is 29.2 Å². The summed E-state index contributed by atoms with van der Waals surface area (Å²) in [7, 11) is 0. The van der Waals surface area contributed by atoms with Gasteiger partial charge in [0.2, 0.25) is 0 Å². The van der Waals surface area contributed by atoms with Crippen molar-refractivity contribution in [1.29, 1.82) is 0 Å². The highest BCUT2D eigenvalue weighted by atomic mass is 35.5. The molecule has 1 aromatic carbocycles. The van der Waals surface area contributed by atoms with E-state index in [1.807, 2.05) is 18.2 Å². The minimum atomic E-state index is 0. The molecule has 0 bridgehead atoms. The molecule has 0 radical (unpaired) electrons. The number of hydrogen-bond donors (Lipinski definition) is 1. The Morgan fingerprint density at radius 3 is 2.71 bits per heavy atom. The predicted molar refractivity (Wildman–Crippen MR) is 104 cm³/mol. The number of thioether (sulfide) groups is 1. The summed E-state index contributed by atoms with van der Waals surface area (Å²) >= 11 is 1.76. The molecule has 1 atom stereocenters. The second-order valence-corrected chi connectivity index (χ2v) is 8.48. The Bertz CT molecular complexity index is 556. The standard InChI is InChI=1S/C19H28N2OS.ClH/c1-3-23-17-8-5-4-7-16(17)18(22)21(15-9-12-20-13-15)14-19(2)10-6-11-19;/h4-5,7-8,15,20H,3,6,9-14H2,1-2H3;1H/t15-;/m0./s1. The maximum Gasteiger partial charge on any atom is 0.255 e. The molecule has 1 heterocycles. The molecule has 3 rings (SSSR count). The van der Waals surface area contributed by atoms with Gasteiger partial charge in [-0.15, -0.1) is 24.2 Å². The highest BCUT2D eigenvalue weighted by Gasteiger charge is 2.38. The van der Waals surface area contributed by atoms with Crippen LogP contribution in [0.1, 0.15) is 49.9 Å². The summed E-state index contributed by atoms with van der Waals surface area (Å²) in [6.45, 7) is 7.34. The van der Waals surface area contributed by atoms with Gasteiger partial charge in [0.05, 0.1) is 5.56 Å². The van der Waals surface area contributed by atoms with E-state index in [1.54, 1.807) is 11.8 Å². The zero-order valence-electron chi connectivity index (χ0n) is 14.7. The molecule has 1 saturated heterocycles. The van der Waals surface area contributed by atoms with Crippen LogP contribution in [0.2, 0.25) is 0 Å². The predicted octanol–water partition coefficient (Wildman–Crippen LogP) is 4.21. The number of nitrogens with zero attached hydrogens (tertiary/aromatic N) is 1. The number of amides is 1. The van der Waals surface area contributed by atoms with Gasteiger partial charge >= 0.3 is 0 Å². The van der Waals surface area contributed by atoms with Crippen molar-refractivity contribution in [2.75, 3.05) is 25.4 Å². The SMILES string of the molecule is CCSc1ccccc1C(=O)N(CC1(C)CCC1)[C@H]1CCNC1.Cl. The maximum atomic E-state index is 13.3. The first-order valence-corrected chi connectivity index (χ1v) is 9.85. The van der Waals surface area contributed by atoms with Crippen LogP contribution >= 0.6 is 24.2 Å². The van der Waals surface area contributed by atoms with Gasteiger partial charge in [0.1, 0.15) is 0 Å². The number of benzene rings is 1. The van der Waals surface area contributed by atoms with E-state index in [0.717, 1.165) is 42.3 Å². The van der Waals surface area contributed by atoms with Gasteiger partial charge in [0.25, 0.3) is 5.91 Å². The Morgan fingerprint density at radius 2 is 2.12 bits per heavy atom. The number of hydrogen-bond acceptors (Lipinski definition) is 3. The molecule has 2 aliphatic rings. The summed E-state index contributed by atoms with van der Waals surface area (Å²) in [5, 5.41) is 3.42. The van der Waals surface area contributed by atoms with Crippen LogP contribution in [0.5, 0.6) is 0 Å². The molecule has 1 saturated carbocycles. The van der Waals surface area contributed by atoms with Crippen molar-refractivity contribution in [2.45, 2.75) is 50.5 Å². The van der Waals surface area contributed by atoms with Gasteiger partial charge in [-0.3, -0.25) is 4.79 Å². The van der Waals surface area contributed by atoms with Crippen molar-refractivity contribution in [3.8, 4) is 0 Å². The van der Waals surface area contributed by atoms with Crippen molar-refractivity contribution in [1.82, 2.24) is 10.2 Å². The lowest BCUT2D eigenvalue weighted by molar-refractivity contribution is 0.0422. The number of rotatable bonds is 6.